The Kier molecular flexibility index (Phi) is 4.63. The van der Waals surface area contributed by atoms with Crippen molar-refractivity contribution in [3.05, 3.63) is 82.5 Å². The summed E-state index contributed by atoms with van der Waals surface area (Å²) in [7, 11) is 0. The average molecular weight is 337 g/mol. The van der Waals surface area contributed by atoms with E-state index in [0.29, 0.717) is 16.3 Å². The van der Waals surface area contributed by atoms with Crippen LogP contribution >= 0.6 is 11.6 Å². The predicted octanol–water partition coefficient (Wildman–Crippen LogP) is 5.27. The van der Waals surface area contributed by atoms with Gasteiger partial charge in [0, 0.05) is 22.5 Å². The Labute approximate surface area is 146 Å². The lowest BCUT2D eigenvalue weighted by atomic mass is 10.0. The maximum Gasteiger partial charge on any atom is 0.257 e. The molecule has 3 rings (SSSR count). The van der Waals surface area contributed by atoms with Gasteiger partial charge in [-0.25, -0.2) is 0 Å². The minimum atomic E-state index is -0.198. The molecule has 0 aliphatic heterocycles. The molecule has 1 aromatic heterocycles. The summed E-state index contributed by atoms with van der Waals surface area (Å²) in [5.41, 5.74) is 5.57. The second-order valence-electron chi connectivity index (χ2n) is 5.69. The molecule has 0 aliphatic rings. The van der Waals surface area contributed by atoms with Crippen LogP contribution in [0.15, 0.2) is 60.8 Å². The number of carbonyl (C=O) groups is 1. The molecule has 0 aliphatic carbocycles. The molecule has 1 amide bonds. The monoisotopic (exact) mass is 336 g/mol. The fraction of sp³-hybridized carbons (Fsp3) is 0.100. The van der Waals surface area contributed by atoms with Crippen molar-refractivity contribution in [3.63, 3.8) is 0 Å². The molecule has 24 heavy (non-hydrogen) atoms. The Hall–Kier alpha value is -2.65. The van der Waals surface area contributed by atoms with E-state index < -0.39 is 0 Å². The highest BCUT2D eigenvalue weighted by Gasteiger charge is 2.08. The van der Waals surface area contributed by atoms with Crippen LogP contribution in [0.1, 0.15) is 21.5 Å². The Bertz CT molecular complexity index is 871. The average Bonchev–Trinajstić information content (AvgIpc) is 2.59. The molecule has 0 spiro atoms. The quantitative estimate of drug-likeness (QED) is 0.707. The first-order chi connectivity index (χ1) is 11.5. The van der Waals surface area contributed by atoms with Crippen molar-refractivity contribution < 1.29 is 4.79 Å². The number of aryl methyl sites for hydroxylation is 2. The molecule has 0 saturated heterocycles. The summed E-state index contributed by atoms with van der Waals surface area (Å²) in [6.07, 6.45) is 1.59. The molecular weight excluding hydrogens is 320 g/mol. The van der Waals surface area contributed by atoms with Crippen molar-refractivity contribution in [1.82, 2.24) is 4.98 Å². The van der Waals surface area contributed by atoms with E-state index in [1.807, 2.05) is 12.1 Å². The Morgan fingerprint density at radius 2 is 1.71 bits per heavy atom. The van der Waals surface area contributed by atoms with E-state index in [0.717, 1.165) is 11.3 Å². The van der Waals surface area contributed by atoms with Crippen molar-refractivity contribution in [2.45, 2.75) is 13.8 Å². The highest BCUT2D eigenvalue weighted by Crippen LogP contribution is 2.21. The van der Waals surface area contributed by atoms with E-state index in [9.17, 15) is 4.79 Å². The summed E-state index contributed by atoms with van der Waals surface area (Å²) in [5.74, 6) is -0.198. The SMILES string of the molecule is Cc1ccc(-c2ccc(C(=O)Nc3ccc(Cl)cc3)cn2)cc1C. The predicted molar refractivity (Wildman–Crippen MR) is 98.6 cm³/mol. The van der Waals surface area contributed by atoms with Gasteiger partial charge in [-0.1, -0.05) is 23.7 Å². The second kappa shape index (κ2) is 6.85. The van der Waals surface area contributed by atoms with E-state index in [4.69, 9.17) is 11.6 Å². The number of carbonyl (C=O) groups excluding carboxylic acids is 1. The molecule has 2 aromatic carbocycles. The Morgan fingerprint density at radius 3 is 2.33 bits per heavy atom. The van der Waals surface area contributed by atoms with Gasteiger partial charge in [-0.3, -0.25) is 9.78 Å². The van der Waals surface area contributed by atoms with Gasteiger partial charge in [0.1, 0.15) is 0 Å². The molecule has 0 atom stereocenters. The highest BCUT2D eigenvalue weighted by molar-refractivity contribution is 6.30. The maximum atomic E-state index is 12.3. The number of benzene rings is 2. The van der Waals surface area contributed by atoms with Crippen LogP contribution in [0.4, 0.5) is 5.69 Å². The highest BCUT2D eigenvalue weighted by atomic mass is 35.5. The smallest absolute Gasteiger partial charge is 0.257 e. The Morgan fingerprint density at radius 1 is 0.958 bits per heavy atom. The molecule has 0 saturated carbocycles. The van der Waals surface area contributed by atoms with Crippen LogP contribution in [-0.4, -0.2) is 10.9 Å². The third-order valence-electron chi connectivity index (χ3n) is 3.93. The molecule has 0 bridgehead atoms. The van der Waals surface area contributed by atoms with Gasteiger partial charge in [-0.2, -0.15) is 0 Å². The van der Waals surface area contributed by atoms with Crippen LogP contribution in [0.3, 0.4) is 0 Å². The van der Waals surface area contributed by atoms with Gasteiger partial charge in [0.15, 0.2) is 0 Å². The number of anilines is 1. The van der Waals surface area contributed by atoms with Gasteiger partial charge in [0.05, 0.1) is 11.3 Å². The van der Waals surface area contributed by atoms with Crippen molar-refractivity contribution in [1.29, 1.82) is 0 Å². The van der Waals surface area contributed by atoms with Crippen molar-refractivity contribution in [2.24, 2.45) is 0 Å². The number of nitrogens with one attached hydrogen (secondary N) is 1. The number of pyridine rings is 1. The van der Waals surface area contributed by atoms with Crippen LogP contribution in [0, 0.1) is 13.8 Å². The first-order valence-electron chi connectivity index (χ1n) is 7.63. The molecule has 0 radical (unpaired) electrons. The number of hydrogen-bond donors (Lipinski definition) is 1. The normalized spacial score (nSPS) is 10.5. The van der Waals surface area contributed by atoms with Gasteiger partial charge < -0.3 is 5.32 Å². The zero-order valence-electron chi connectivity index (χ0n) is 13.5. The van der Waals surface area contributed by atoms with E-state index >= 15 is 0 Å². The van der Waals surface area contributed by atoms with Gasteiger partial charge >= 0.3 is 0 Å². The lowest BCUT2D eigenvalue weighted by Crippen LogP contribution is -2.12. The molecule has 120 valence electrons. The summed E-state index contributed by atoms with van der Waals surface area (Å²) < 4.78 is 0. The van der Waals surface area contributed by atoms with Crippen molar-refractivity contribution >= 4 is 23.2 Å². The largest absolute Gasteiger partial charge is 0.322 e. The fourth-order valence-electron chi connectivity index (χ4n) is 2.34. The molecule has 0 unspecified atom stereocenters. The third kappa shape index (κ3) is 3.63. The standard InChI is InChI=1S/C20H17ClN2O/c1-13-3-4-15(11-14(13)2)19-10-5-16(12-22-19)20(24)23-18-8-6-17(21)7-9-18/h3-12H,1-2H3,(H,23,24). The summed E-state index contributed by atoms with van der Waals surface area (Å²) in [6.45, 7) is 4.16. The summed E-state index contributed by atoms with van der Waals surface area (Å²) in [6, 6.07) is 16.9. The second-order valence-corrected chi connectivity index (χ2v) is 6.13. The lowest BCUT2D eigenvalue weighted by molar-refractivity contribution is 0.102. The van der Waals surface area contributed by atoms with Gasteiger partial charge in [-0.05, 0) is 67.4 Å². The zero-order valence-corrected chi connectivity index (χ0v) is 14.3. The minimum absolute atomic E-state index is 0.198. The van der Waals surface area contributed by atoms with E-state index in [-0.39, 0.29) is 5.91 Å². The van der Waals surface area contributed by atoms with Crippen LogP contribution in [-0.2, 0) is 0 Å². The molecule has 0 fully saturated rings. The molecule has 3 nitrogen and oxygen atoms in total. The van der Waals surface area contributed by atoms with Crippen molar-refractivity contribution in [3.8, 4) is 11.3 Å². The topological polar surface area (TPSA) is 42.0 Å². The lowest BCUT2D eigenvalue weighted by Gasteiger charge is -2.07. The van der Waals surface area contributed by atoms with E-state index in [1.54, 1.807) is 36.5 Å². The summed E-state index contributed by atoms with van der Waals surface area (Å²) in [4.78, 5) is 16.7. The molecule has 1 heterocycles. The van der Waals surface area contributed by atoms with Crippen LogP contribution in [0.25, 0.3) is 11.3 Å². The number of aromatic nitrogens is 1. The van der Waals surface area contributed by atoms with Gasteiger partial charge in [0.2, 0.25) is 0 Å². The minimum Gasteiger partial charge on any atom is -0.322 e. The molecule has 1 N–H and O–H groups in total. The number of nitrogens with zero attached hydrogens (tertiary/aromatic N) is 1. The Balaban J connectivity index is 1.77. The summed E-state index contributed by atoms with van der Waals surface area (Å²) >= 11 is 5.84. The molecule has 4 heteroatoms. The number of amides is 1. The van der Waals surface area contributed by atoms with Crippen molar-refractivity contribution in [2.75, 3.05) is 5.32 Å². The van der Waals surface area contributed by atoms with E-state index in [2.05, 4.69) is 36.3 Å². The number of rotatable bonds is 3. The maximum absolute atomic E-state index is 12.3. The molecular formula is C20H17ClN2O. The first-order valence-corrected chi connectivity index (χ1v) is 8.01. The van der Waals surface area contributed by atoms with Crippen LogP contribution < -0.4 is 5.32 Å². The van der Waals surface area contributed by atoms with Gasteiger partial charge in [-0.15, -0.1) is 0 Å². The third-order valence-corrected chi connectivity index (χ3v) is 4.18. The zero-order chi connectivity index (χ0) is 17.1. The van der Waals surface area contributed by atoms with Crippen LogP contribution in [0.2, 0.25) is 5.02 Å². The van der Waals surface area contributed by atoms with E-state index in [1.165, 1.54) is 11.1 Å². The summed E-state index contributed by atoms with van der Waals surface area (Å²) in [5, 5.41) is 3.46. The van der Waals surface area contributed by atoms with Gasteiger partial charge in [0.25, 0.3) is 5.91 Å². The first kappa shape index (κ1) is 16.2. The molecule has 3 aromatic rings. The number of halogens is 1. The number of hydrogen-bond acceptors (Lipinski definition) is 2. The fourth-order valence-corrected chi connectivity index (χ4v) is 2.46. The van der Waals surface area contributed by atoms with Crippen LogP contribution in [0.5, 0.6) is 0 Å².